The molecule has 0 spiro atoms. The van der Waals surface area contributed by atoms with E-state index in [1.807, 2.05) is 0 Å². The monoisotopic (exact) mass is 165 g/mol. The van der Waals surface area contributed by atoms with E-state index in [2.05, 4.69) is 10.1 Å². The second-order valence-corrected chi connectivity index (χ2v) is 3.22. The molecule has 1 aromatic rings. The molecule has 1 aromatic heterocycles. The Morgan fingerprint density at radius 1 is 1.67 bits per heavy atom. The predicted octanol–water partition coefficient (Wildman–Crippen LogP) is 0.891. The van der Waals surface area contributed by atoms with Gasteiger partial charge in [0.2, 0.25) is 0 Å². The quantitative estimate of drug-likeness (QED) is 0.625. The lowest BCUT2D eigenvalue weighted by molar-refractivity contribution is 0.110. The van der Waals surface area contributed by atoms with Gasteiger partial charge in [-0.3, -0.25) is 4.79 Å². The van der Waals surface area contributed by atoms with Gasteiger partial charge < -0.3 is 0 Å². The average molecular weight is 165 g/mol. The van der Waals surface area contributed by atoms with Gasteiger partial charge in [0.1, 0.15) is 6.33 Å². The lowest BCUT2D eigenvalue weighted by Gasteiger charge is -2.24. The highest BCUT2D eigenvalue weighted by atomic mass is 16.1. The van der Waals surface area contributed by atoms with Crippen LogP contribution in [0.1, 0.15) is 29.9 Å². The molecule has 12 heavy (non-hydrogen) atoms. The van der Waals surface area contributed by atoms with Gasteiger partial charge in [0.15, 0.2) is 12.1 Å². The number of rotatable bonds is 3. The second kappa shape index (κ2) is 3.05. The Bertz CT molecular complexity index is 278. The Morgan fingerprint density at radius 2 is 2.50 bits per heavy atom. The Balaban J connectivity index is 2.05. The molecule has 0 bridgehead atoms. The van der Waals surface area contributed by atoms with Gasteiger partial charge in [0.25, 0.3) is 0 Å². The normalized spacial score (nSPS) is 17.3. The summed E-state index contributed by atoms with van der Waals surface area (Å²) >= 11 is 0. The number of carbonyl (C=O) groups excluding carboxylic acids is 1. The maximum absolute atomic E-state index is 10.5. The van der Waals surface area contributed by atoms with E-state index in [0.29, 0.717) is 11.7 Å². The SMILES string of the molecule is O=Cc1ncnn1CC1CCC1. The first-order chi connectivity index (χ1) is 5.90. The van der Waals surface area contributed by atoms with Gasteiger partial charge in [-0.05, 0) is 18.8 Å². The fraction of sp³-hybridized carbons (Fsp3) is 0.625. The third-order valence-corrected chi connectivity index (χ3v) is 2.41. The van der Waals surface area contributed by atoms with E-state index < -0.39 is 0 Å². The molecule has 1 aliphatic rings. The molecule has 0 saturated heterocycles. The van der Waals surface area contributed by atoms with Crippen molar-refractivity contribution in [2.45, 2.75) is 25.8 Å². The van der Waals surface area contributed by atoms with Gasteiger partial charge in [-0.1, -0.05) is 6.42 Å². The molecule has 0 aliphatic heterocycles. The van der Waals surface area contributed by atoms with Crippen LogP contribution in [0.2, 0.25) is 0 Å². The summed E-state index contributed by atoms with van der Waals surface area (Å²) in [6, 6.07) is 0. The molecule has 1 heterocycles. The van der Waals surface area contributed by atoms with Crippen molar-refractivity contribution in [3.63, 3.8) is 0 Å². The largest absolute Gasteiger partial charge is 0.294 e. The zero-order valence-electron chi connectivity index (χ0n) is 6.81. The maximum Gasteiger partial charge on any atom is 0.191 e. The van der Waals surface area contributed by atoms with Crippen molar-refractivity contribution in [3.8, 4) is 0 Å². The van der Waals surface area contributed by atoms with Gasteiger partial charge in [-0.2, -0.15) is 5.10 Å². The molecular formula is C8H11N3O. The molecule has 0 N–H and O–H groups in total. The van der Waals surface area contributed by atoms with Crippen molar-refractivity contribution < 1.29 is 4.79 Å². The van der Waals surface area contributed by atoms with Gasteiger partial charge >= 0.3 is 0 Å². The third kappa shape index (κ3) is 1.24. The molecule has 0 amide bonds. The minimum Gasteiger partial charge on any atom is -0.294 e. The van der Waals surface area contributed by atoms with Crippen LogP contribution in [0.3, 0.4) is 0 Å². The van der Waals surface area contributed by atoms with Crippen LogP contribution < -0.4 is 0 Å². The summed E-state index contributed by atoms with van der Waals surface area (Å²) in [5, 5.41) is 3.98. The summed E-state index contributed by atoms with van der Waals surface area (Å²) in [5.41, 5.74) is 0. The van der Waals surface area contributed by atoms with E-state index in [0.717, 1.165) is 12.8 Å². The van der Waals surface area contributed by atoms with Crippen LogP contribution in [0.15, 0.2) is 6.33 Å². The van der Waals surface area contributed by atoms with Crippen LogP contribution in [0.4, 0.5) is 0 Å². The minimum atomic E-state index is 0.446. The Labute approximate surface area is 70.6 Å². The number of aromatic nitrogens is 3. The zero-order chi connectivity index (χ0) is 8.39. The summed E-state index contributed by atoms with van der Waals surface area (Å²) in [5.74, 6) is 1.16. The van der Waals surface area contributed by atoms with Crippen molar-refractivity contribution in [3.05, 3.63) is 12.2 Å². The number of nitrogens with zero attached hydrogens (tertiary/aromatic N) is 3. The van der Waals surface area contributed by atoms with E-state index in [1.54, 1.807) is 4.68 Å². The summed E-state index contributed by atoms with van der Waals surface area (Å²) in [6.45, 7) is 0.855. The van der Waals surface area contributed by atoms with Crippen LogP contribution in [0.5, 0.6) is 0 Å². The molecule has 0 atom stereocenters. The summed E-state index contributed by atoms with van der Waals surface area (Å²) < 4.78 is 1.69. The van der Waals surface area contributed by atoms with Crippen molar-refractivity contribution in [1.82, 2.24) is 14.8 Å². The lowest BCUT2D eigenvalue weighted by Crippen LogP contribution is -2.20. The zero-order valence-corrected chi connectivity index (χ0v) is 6.81. The highest BCUT2D eigenvalue weighted by Crippen LogP contribution is 2.27. The standard InChI is InChI=1S/C8H11N3O/c12-5-8-9-6-10-11(8)4-7-2-1-3-7/h5-7H,1-4H2. The summed E-state index contributed by atoms with van der Waals surface area (Å²) in [4.78, 5) is 14.3. The molecule has 4 heteroatoms. The molecule has 0 aromatic carbocycles. The number of hydrogen-bond acceptors (Lipinski definition) is 3. The molecular weight excluding hydrogens is 154 g/mol. The van der Waals surface area contributed by atoms with Gasteiger partial charge in [0, 0.05) is 6.54 Å². The molecule has 0 radical (unpaired) electrons. The van der Waals surface area contributed by atoms with Gasteiger partial charge in [-0.25, -0.2) is 9.67 Å². The smallest absolute Gasteiger partial charge is 0.191 e. The summed E-state index contributed by atoms with van der Waals surface area (Å²) in [7, 11) is 0. The third-order valence-electron chi connectivity index (χ3n) is 2.41. The molecule has 64 valence electrons. The molecule has 2 rings (SSSR count). The van der Waals surface area contributed by atoms with Gasteiger partial charge in [0.05, 0.1) is 0 Å². The van der Waals surface area contributed by atoms with E-state index in [-0.39, 0.29) is 0 Å². The van der Waals surface area contributed by atoms with Crippen molar-refractivity contribution >= 4 is 6.29 Å². The van der Waals surface area contributed by atoms with E-state index in [1.165, 1.54) is 25.6 Å². The number of aldehydes is 1. The highest BCUT2D eigenvalue weighted by molar-refractivity contribution is 5.68. The Hall–Kier alpha value is -1.19. The van der Waals surface area contributed by atoms with Crippen LogP contribution in [0, 0.1) is 5.92 Å². The molecule has 1 saturated carbocycles. The molecule has 0 unspecified atom stereocenters. The van der Waals surface area contributed by atoms with Crippen LogP contribution in [0.25, 0.3) is 0 Å². The topological polar surface area (TPSA) is 47.8 Å². The van der Waals surface area contributed by atoms with Crippen LogP contribution in [-0.2, 0) is 6.54 Å². The highest BCUT2D eigenvalue weighted by Gasteiger charge is 2.19. The second-order valence-electron chi connectivity index (χ2n) is 3.22. The molecule has 1 fully saturated rings. The van der Waals surface area contributed by atoms with Crippen molar-refractivity contribution in [2.24, 2.45) is 5.92 Å². The number of carbonyl (C=O) groups is 1. The fourth-order valence-electron chi connectivity index (χ4n) is 1.42. The predicted molar refractivity (Wildman–Crippen MR) is 42.8 cm³/mol. The molecule has 1 aliphatic carbocycles. The Kier molecular flexibility index (Phi) is 1.89. The van der Waals surface area contributed by atoms with Crippen molar-refractivity contribution in [1.29, 1.82) is 0 Å². The first kappa shape index (κ1) is 7.46. The summed E-state index contributed by atoms with van der Waals surface area (Å²) in [6.07, 6.45) is 6.03. The molecule has 4 nitrogen and oxygen atoms in total. The van der Waals surface area contributed by atoms with Crippen LogP contribution >= 0.6 is 0 Å². The first-order valence-electron chi connectivity index (χ1n) is 4.23. The van der Waals surface area contributed by atoms with Crippen LogP contribution in [-0.4, -0.2) is 21.1 Å². The van der Waals surface area contributed by atoms with E-state index in [9.17, 15) is 4.79 Å². The first-order valence-corrected chi connectivity index (χ1v) is 4.23. The lowest BCUT2D eigenvalue weighted by atomic mass is 9.85. The minimum absolute atomic E-state index is 0.446. The average Bonchev–Trinajstić information content (AvgIpc) is 2.43. The van der Waals surface area contributed by atoms with E-state index >= 15 is 0 Å². The fourth-order valence-corrected chi connectivity index (χ4v) is 1.42. The van der Waals surface area contributed by atoms with Crippen molar-refractivity contribution in [2.75, 3.05) is 0 Å². The maximum atomic E-state index is 10.5. The number of hydrogen-bond donors (Lipinski definition) is 0. The van der Waals surface area contributed by atoms with E-state index in [4.69, 9.17) is 0 Å². The van der Waals surface area contributed by atoms with Gasteiger partial charge in [-0.15, -0.1) is 0 Å². The Morgan fingerprint density at radius 3 is 3.08 bits per heavy atom.